The first-order valence-electron chi connectivity index (χ1n) is 7.10. The molecule has 1 saturated heterocycles. The molecule has 21 heavy (non-hydrogen) atoms. The topological polar surface area (TPSA) is 67.9 Å². The molecule has 2 aliphatic heterocycles. The van der Waals surface area contributed by atoms with Crippen LogP contribution in [0.5, 0.6) is 5.75 Å². The van der Waals surface area contributed by atoms with E-state index in [0.29, 0.717) is 36.8 Å². The summed E-state index contributed by atoms with van der Waals surface area (Å²) in [4.78, 5) is 25.9. The van der Waals surface area contributed by atoms with Crippen molar-refractivity contribution in [3.8, 4) is 5.75 Å². The maximum Gasteiger partial charge on any atom is 0.257 e. The van der Waals surface area contributed by atoms with Crippen molar-refractivity contribution >= 4 is 17.5 Å². The number of nitrogens with zero attached hydrogens (tertiary/aromatic N) is 1. The van der Waals surface area contributed by atoms with Crippen LogP contribution in [0.2, 0.25) is 0 Å². The summed E-state index contributed by atoms with van der Waals surface area (Å²) in [6.07, 6.45) is 1.25. The van der Waals surface area contributed by atoms with E-state index < -0.39 is 6.10 Å². The molecule has 112 valence electrons. The Morgan fingerprint density at radius 1 is 1.38 bits per heavy atom. The molecule has 2 heterocycles. The van der Waals surface area contributed by atoms with Crippen LogP contribution >= 0.6 is 0 Å². The number of carbonyl (C=O) groups excluding carboxylic acids is 2. The van der Waals surface area contributed by atoms with Crippen LogP contribution < -0.4 is 10.1 Å². The average Bonchev–Trinajstić information content (AvgIpc) is 2.97. The number of carbonyl (C=O) groups is 2. The molecule has 0 radical (unpaired) electrons. The summed E-state index contributed by atoms with van der Waals surface area (Å²) in [6.45, 7) is 1.64. The standard InChI is InChI=1S/C15H18N2O4/c1-17-6-8-21-12-5-4-10(9-11(12)15(17)19)16-14(18)13-3-2-7-20-13/h4-5,9,13H,2-3,6-8H2,1H3,(H,16,18)/t13-/m1/s1. The summed E-state index contributed by atoms with van der Waals surface area (Å²) >= 11 is 0. The van der Waals surface area contributed by atoms with E-state index in [1.165, 1.54) is 0 Å². The van der Waals surface area contributed by atoms with Gasteiger partial charge in [0.1, 0.15) is 18.5 Å². The molecule has 2 aliphatic rings. The van der Waals surface area contributed by atoms with Crippen molar-refractivity contribution in [3.05, 3.63) is 23.8 Å². The van der Waals surface area contributed by atoms with E-state index in [-0.39, 0.29) is 11.8 Å². The van der Waals surface area contributed by atoms with Gasteiger partial charge in [0.2, 0.25) is 0 Å². The largest absolute Gasteiger partial charge is 0.491 e. The molecule has 1 aromatic carbocycles. The highest BCUT2D eigenvalue weighted by atomic mass is 16.5. The van der Waals surface area contributed by atoms with Gasteiger partial charge >= 0.3 is 0 Å². The van der Waals surface area contributed by atoms with Crippen LogP contribution in [0, 0.1) is 0 Å². The zero-order chi connectivity index (χ0) is 14.8. The Morgan fingerprint density at radius 3 is 3.00 bits per heavy atom. The summed E-state index contributed by atoms with van der Waals surface area (Å²) in [5, 5.41) is 2.80. The third kappa shape index (κ3) is 2.85. The van der Waals surface area contributed by atoms with E-state index in [4.69, 9.17) is 9.47 Å². The number of ether oxygens (including phenoxy) is 2. The first-order chi connectivity index (χ1) is 10.1. The highest BCUT2D eigenvalue weighted by Crippen LogP contribution is 2.26. The Hall–Kier alpha value is -2.08. The smallest absolute Gasteiger partial charge is 0.257 e. The lowest BCUT2D eigenvalue weighted by atomic mass is 10.1. The van der Waals surface area contributed by atoms with Gasteiger partial charge in [0.15, 0.2) is 0 Å². The van der Waals surface area contributed by atoms with Crippen molar-refractivity contribution in [2.75, 3.05) is 32.1 Å². The first-order valence-corrected chi connectivity index (χ1v) is 7.10. The summed E-state index contributed by atoms with van der Waals surface area (Å²) in [5.41, 5.74) is 1.06. The molecule has 0 spiro atoms. The Bertz CT molecular complexity index is 567. The third-order valence-electron chi connectivity index (χ3n) is 3.73. The lowest BCUT2D eigenvalue weighted by Crippen LogP contribution is -2.28. The number of benzene rings is 1. The zero-order valence-electron chi connectivity index (χ0n) is 11.9. The second-order valence-corrected chi connectivity index (χ2v) is 5.28. The molecule has 6 nitrogen and oxygen atoms in total. The van der Waals surface area contributed by atoms with Gasteiger partial charge in [-0.15, -0.1) is 0 Å². The van der Waals surface area contributed by atoms with Gasteiger partial charge in [-0.3, -0.25) is 9.59 Å². The number of hydrogen-bond acceptors (Lipinski definition) is 4. The lowest BCUT2D eigenvalue weighted by Gasteiger charge is -2.14. The summed E-state index contributed by atoms with van der Waals surface area (Å²) in [6, 6.07) is 5.12. The number of likely N-dealkylation sites (N-methyl/N-ethyl adjacent to an activating group) is 1. The maximum atomic E-state index is 12.2. The summed E-state index contributed by atoms with van der Waals surface area (Å²) in [7, 11) is 1.73. The molecule has 2 amide bonds. The molecular weight excluding hydrogens is 272 g/mol. The van der Waals surface area contributed by atoms with Gasteiger partial charge < -0.3 is 19.7 Å². The van der Waals surface area contributed by atoms with Crippen molar-refractivity contribution in [3.63, 3.8) is 0 Å². The van der Waals surface area contributed by atoms with Crippen molar-refractivity contribution in [2.24, 2.45) is 0 Å². The molecule has 1 aromatic rings. The summed E-state index contributed by atoms with van der Waals surface area (Å²) in [5.74, 6) is 0.290. The van der Waals surface area contributed by atoms with E-state index in [1.54, 1.807) is 30.1 Å². The molecule has 0 bridgehead atoms. The van der Waals surface area contributed by atoms with Gasteiger partial charge in [0.25, 0.3) is 11.8 Å². The molecule has 3 rings (SSSR count). The van der Waals surface area contributed by atoms with E-state index in [0.717, 1.165) is 12.8 Å². The fraction of sp³-hybridized carbons (Fsp3) is 0.467. The maximum absolute atomic E-state index is 12.2. The predicted molar refractivity (Wildman–Crippen MR) is 76.5 cm³/mol. The van der Waals surface area contributed by atoms with Gasteiger partial charge in [-0.05, 0) is 31.0 Å². The highest BCUT2D eigenvalue weighted by molar-refractivity contribution is 6.00. The monoisotopic (exact) mass is 290 g/mol. The second-order valence-electron chi connectivity index (χ2n) is 5.28. The highest BCUT2D eigenvalue weighted by Gasteiger charge is 2.25. The van der Waals surface area contributed by atoms with Gasteiger partial charge in [0, 0.05) is 19.3 Å². The molecule has 1 N–H and O–H groups in total. The molecule has 1 atom stereocenters. The molecule has 0 aromatic heterocycles. The fourth-order valence-corrected chi connectivity index (χ4v) is 2.51. The lowest BCUT2D eigenvalue weighted by molar-refractivity contribution is -0.124. The molecule has 0 aliphatic carbocycles. The minimum atomic E-state index is -0.390. The Morgan fingerprint density at radius 2 is 2.24 bits per heavy atom. The molecule has 6 heteroatoms. The zero-order valence-corrected chi connectivity index (χ0v) is 11.9. The Balaban J connectivity index is 1.80. The van der Waals surface area contributed by atoms with Gasteiger partial charge in [-0.25, -0.2) is 0 Å². The van der Waals surface area contributed by atoms with E-state index in [9.17, 15) is 9.59 Å². The molecular formula is C15H18N2O4. The average molecular weight is 290 g/mol. The SMILES string of the molecule is CN1CCOc2ccc(NC(=O)[C@H]3CCCO3)cc2C1=O. The Labute approximate surface area is 123 Å². The molecule has 0 unspecified atom stereocenters. The van der Waals surface area contributed by atoms with Crippen molar-refractivity contribution in [2.45, 2.75) is 18.9 Å². The van der Waals surface area contributed by atoms with E-state index in [2.05, 4.69) is 5.32 Å². The van der Waals surface area contributed by atoms with Crippen molar-refractivity contribution in [1.29, 1.82) is 0 Å². The third-order valence-corrected chi connectivity index (χ3v) is 3.73. The minimum absolute atomic E-state index is 0.101. The number of fused-ring (bicyclic) bond motifs is 1. The van der Waals surface area contributed by atoms with Crippen LogP contribution in [0.25, 0.3) is 0 Å². The summed E-state index contributed by atoms with van der Waals surface area (Å²) < 4.78 is 10.9. The van der Waals surface area contributed by atoms with E-state index in [1.807, 2.05) is 0 Å². The van der Waals surface area contributed by atoms with E-state index >= 15 is 0 Å². The number of anilines is 1. The van der Waals surface area contributed by atoms with Crippen LogP contribution in [0.4, 0.5) is 5.69 Å². The van der Waals surface area contributed by atoms with Crippen LogP contribution in [-0.4, -0.2) is 49.6 Å². The minimum Gasteiger partial charge on any atom is -0.491 e. The van der Waals surface area contributed by atoms with Crippen molar-refractivity contribution < 1.29 is 19.1 Å². The number of rotatable bonds is 2. The first kappa shape index (κ1) is 13.9. The molecule has 1 fully saturated rings. The predicted octanol–water partition coefficient (Wildman–Crippen LogP) is 1.27. The van der Waals surface area contributed by atoms with Gasteiger partial charge in [-0.1, -0.05) is 0 Å². The normalized spacial score (nSPS) is 21.5. The molecule has 0 saturated carbocycles. The second kappa shape index (κ2) is 5.73. The quantitative estimate of drug-likeness (QED) is 0.890. The number of amides is 2. The van der Waals surface area contributed by atoms with Gasteiger partial charge in [-0.2, -0.15) is 0 Å². The van der Waals surface area contributed by atoms with Crippen LogP contribution in [0.1, 0.15) is 23.2 Å². The van der Waals surface area contributed by atoms with Crippen LogP contribution in [-0.2, 0) is 9.53 Å². The number of nitrogens with one attached hydrogen (secondary N) is 1. The fourth-order valence-electron chi connectivity index (χ4n) is 2.51. The Kier molecular flexibility index (Phi) is 3.79. The number of hydrogen-bond donors (Lipinski definition) is 1. The van der Waals surface area contributed by atoms with Crippen LogP contribution in [0.3, 0.4) is 0 Å². The van der Waals surface area contributed by atoms with Crippen LogP contribution in [0.15, 0.2) is 18.2 Å². The van der Waals surface area contributed by atoms with Gasteiger partial charge in [0.05, 0.1) is 12.1 Å². The van der Waals surface area contributed by atoms with Crippen molar-refractivity contribution in [1.82, 2.24) is 4.90 Å².